The normalized spacial score (nSPS) is 26.4. The number of para-hydroxylation sites is 1. The molecule has 0 saturated carbocycles. The second kappa shape index (κ2) is 7.78. The minimum atomic E-state index is -1.82. The summed E-state index contributed by atoms with van der Waals surface area (Å²) in [7, 11) is 1.55. The van der Waals surface area contributed by atoms with Crippen molar-refractivity contribution < 1.29 is 14.3 Å². The molecule has 3 rings (SSSR count). The van der Waals surface area contributed by atoms with Crippen molar-refractivity contribution in [2.45, 2.75) is 32.1 Å². The monoisotopic (exact) mass is 377 g/mol. The molecule has 1 aromatic carbocycles. The summed E-state index contributed by atoms with van der Waals surface area (Å²) in [6, 6.07) is 11.5. The average molecular weight is 377 g/mol. The van der Waals surface area contributed by atoms with Gasteiger partial charge in [0.1, 0.15) is 5.75 Å². The topological polar surface area (TPSA) is 109 Å². The van der Waals surface area contributed by atoms with Crippen molar-refractivity contribution in [3.8, 4) is 17.9 Å². The molecule has 28 heavy (non-hydrogen) atoms. The minimum absolute atomic E-state index is 0.0336. The maximum absolute atomic E-state index is 13.2. The molecular weight excluding hydrogens is 354 g/mol. The molecule has 1 aromatic rings. The van der Waals surface area contributed by atoms with Gasteiger partial charge in [0.2, 0.25) is 0 Å². The Bertz CT molecular complexity index is 935. The highest BCUT2D eigenvalue weighted by Crippen LogP contribution is 2.58. The van der Waals surface area contributed by atoms with Gasteiger partial charge in [0.15, 0.2) is 5.41 Å². The van der Waals surface area contributed by atoms with E-state index in [9.17, 15) is 15.3 Å². The third kappa shape index (κ3) is 2.73. The molecule has 3 atom stereocenters. The number of ether oxygens (including phenoxy) is 2. The Kier molecular flexibility index (Phi) is 5.42. The summed E-state index contributed by atoms with van der Waals surface area (Å²) in [5, 5.41) is 20.2. The van der Waals surface area contributed by atoms with E-state index in [0.717, 1.165) is 24.8 Å². The number of nitrogens with zero attached hydrogens (tertiary/aromatic N) is 2. The van der Waals surface area contributed by atoms with Crippen LogP contribution < -0.4 is 10.5 Å². The van der Waals surface area contributed by atoms with Gasteiger partial charge in [0, 0.05) is 11.5 Å². The molecule has 0 fully saturated rings. The number of rotatable bonds is 4. The fourth-order valence-corrected chi connectivity index (χ4v) is 4.54. The van der Waals surface area contributed by atoms with Crippen LogP contribution in [0.25, 0.3) is 0 Å². The molecule has 2 N–H and O–H groups in total. The molecule has 0 radical (unpaired) electrons. The lowest BCUT2D eigenvalue weighted by Gasteiger charge is -2.45. The van der Waals surface area contributed by atoms with Gasteiger partial charge in [-0.3, -0.25) is 0 Å². The van der Waals surface area contributed by atoms with Crippen molar-refractivity contribution in [2.75, 3.05) is 13.7 Å². The number of nitrogens with two attached hydrogens (primary N) is 1. The van der Waals surface area contributed by atoms with E-state index < -0.39 is 17.3 Å². The van der Waals surface area contributed by atoms with Crippen LogP contribution in [0.2, 0.25) is 0 Å². The number of allylic oxidation sites excluding steroid dienone is 2. The van der Waals surface area contributed by atoms with Crippen LogP contribution in [-0.2, 0) is 9.53 Å². The summed E-state index contributed by atoms with van der Waals surface area (Å²) in [6.45, 7) is 1.78. The van der Waals surface area contributed by atoms with Crippen LogP contribution in [0, 0.1) is 34.0 Å². The van der Waals surface area contributed by atoms with Crippen LogP contribution in [0.1, 0.15) is 37.7 Å². The highest BCUT2D eigenvalue weighted by Gasteiger charge is 2.59. The zero-order valence-electron chi connectivity index (χ0n) is 16.1. The lowest BCUT2D eigenvalue weighted by atomic mass is 9.55. The van der Waals surface area contributed by atoms with Crippen LogP contribution in [0.4, 0.5) is 0 Å². The highest BCUT2D eigenvalue weighted by atomic mass is 16.5. The van der Waals surface area contributed by atoms with Gasteiger partial charge in [-0.1, -0.05) is 24.3 Å². The van der Waals surface area contributed by atoms with Gasteiger partial charge in [-0.15, -0.1) is 0 Å². The summed E-state index contributed by atoms with van der Waals surface area (Å²) >= 11 is 0. The van der Waals surface area contributed by atoms with Crippen molar-refractivity contribution in [1.29, 1.82) is 10.5 Å². The zero-order valence-corrected chi connectivity index (χ0v) is 16.1. The molecule has 2 aliphatic carbocycles. The first kappa shape index (κ1) is 19.5. The fourth-order valence-electron chi connectivity index (χ4n) is 4.54. The summed E-state index contributed by atoms with van der Waals surface area (Å²) in [5.74, 6) is -0.968. The van der Waals surface area contributed by atoms with Gasteiger partial charge in [-0.05, 0) is 43.7 Å². The van der Waals surface area contributed by atoms with Gasteiger partial charge in [-0.25, -0.2) is 4.79 Å². The van der Waals surface area contributed by atoms with Gasteiger partial charge in [0.05, 0.1) is 37.1 Å². The SMILES string of the molecule is CCOC(=O)[C@@]1(C#N)C(C#N)=C(N)C2=CCCC[C@H]2[C@@H]1c1ccccc1OC. The Hall–Kier alpha value is -3.25. The van der Waals surface area contributed by atoms with Crippen molar-refractivity contribution >= 4 is 5.97 Å². The average Bonchev–Trinajstić information content (AvgIpc) is 2.73. The predicted molar refractivity (Wildman–Crippen MR) is 103 cm³/mol. The number of fused-ring (bicyclic) bond motifs is 1. The number of carbonyl (C=O) groups excluding carboxylic acids is 1. The molecule has 0 aliphatic heterocycles. The third-order valence-corrected chi connectivity index (χ3v) is 5.69. The second-order valence-corrected chi connectivity index (χ2v) is 6.96. The zero-order chi connectivity index (χ0) is 20.3. The van der Waals surface area contributed by atoms with E-state index >= 15 is 0 Å². The van der Waals surface area contributed by atoms with Crippen molar-refractivity contribution in [3.63, 3.8) is 0 Å². The van der Waals surface area contributed by atoms with Crippen LogP contribution in [-0.4, -0.2) is 19.7 Å². The van der Waals surface area contributed by atoms with Crippen LogP contribution in [0.3, 0.4) is 0 Å². The van der Waals surface area contributed by atoms with Crippen molar-refractivity contribution in [1.82, 2.24) is 0 Å². The molecule has 144 valence electrons. The van der Waals surface area contributed by atoms with Gasteiger partial charge < -0.3 is 15.2 Å². The summed E-state index contributed by atoms with van der Waals surface area (Å²) < 4.78 is 10.8. The number of methoxy groups -OCH3 is 1. The third-order valence-electron chi connectivity index (χ3n) is 5.69. The maximum atomic E-state index is 13.2. The molecule has 0 heterocycles. The van der Waals surface area contributed by atoms with Gasteiger partial charge in [-0.2, -0.15) is 10.5 Å². The van der Waals surface area contributed by atoms with Crippen molar-refractivity contribution in [3.05, 3.63) is 52.7 Å². The summed E-state index contributed by atoms with van der Waals surface area (Å²) in [6.07, 6.45) is 4.55. The molecular formula is C22H23N3O3. The Morgan fingerprint density at radius 3 is 2.75 bits per heavy atom. The number of nitriles is 2. The number of hydrogen-bond donors (Lipinski definition) is 1. The molecule has 0 aromatic heterocycles. The fraction of sp³-hybridized carbons (Fsp3) is 0.409. The standard InChI is InChI=1S/C22H23N3O3/c1-3-28-21(26)22(13-24)17(12-23)20(25)15-9-5-4-8-14(15)19(22)16-10-6-7-11-18(16)27-2/h6-7,9-11,14,19H,3-5,8,25H2,1-2H3/t14-,19-,22+/m1/s1. The van der Waals surface area contributed by atoms with E-state index in [0.29, 0.717) is 11.3 Å². The Morgan fingerprint density at radius 1 is 1.36 bits per heavy atom. The van der Waals surface area contributed by atoms with Crippen LogP contribution in [0.5, 0.6) is 5.75 Å². The van der Waals surface area contributed by atoms with E-state index in [4.69, 9.17) is 15.2 Å². The summed E-state index contributed by atoms with van der Waals surface area (Å²) in [5.41, 5.74) is 6.27. The molecule has 0 unspecified atom stereocenters. The van der Waals surface area contributed by atoms with E-state index in [1.807, 2.05) is 24.3 Å². The van der Waals surface area contributed by atoms with Crippen LogP contribution >= 0.6 is 0 Å². The first-order valence-corrected chi connectivity index (χ1v) is 9.38. The van der Waals surface area contributed by atoms with Gasteiger partial charge >= 0.3 is 5.97 Å². The molecule has 0 spiro atoms. The Morgan fingerprint density at radius 2 is 2.11 bits per heavy atom. The Balaban J connectivity index is 2.39. The largest absolute Gasteiger partial charge is 0.496 e. The van der Waals surface area contributed by atoms with E-state index in [1.54, 1.807) is 20.1 Å². The van der Waals surface area contributed by atoms with Gasteiger partial charge in [0.25, 0.3) is 0 Å². The minimum Gasteiger partial charge on any atom is -0.496 e. The Labute approximate surface area is 164 Å². The van der Waals surface area contributed by atoms with Crippen molar-refractivity contribution in [2.24, 2.45) is 17.1 Å². The smallest absolute Gasteiger partial charge is 0.332 e. The molecule has 0 saturated heterocycles. The van der Waals surface area contributed by atoms with E-state index in [1.165, 1.54) is 0 Å². The number of carbonyl (C=O) groups is 1. The number of benzene rings is 1. The second-order valence-electron chi connectivity index (χ2n) is 6.96. The number of esters is 1. The molecule has 0 amide bonds. The lowest BCUT2D eigenvalue weighted by molar-refractivity contribution is -0.151. The first-order chi connectivity index (χ1) is 13.6. The quantitative estimate of drug-likeness (QED) is 0.806. The highest BCUT2D eigenvalue weighted by molar-refractivity contribution is 5.89. The first-order valence-electron chi connectivity index (χ1n) is 9.38. The van der Waals surface area contributed by atoms with Crippen LogP contribution in [0.15, 0.2) is 47.2 Å². The maximum Gasteiger partial charge on any atom is 0.332 e. The molecule has 0 bridgehead atoms. The molecule has 2 aliphatic rings. The molecule has 6 nitrogen and oxygen atoms in total. The summed E-state index contributed by atoms with van der Waals surface area (Å²) in [4.78, 5) is 13.2. The number of hydrogen-bond acceptors (Lipinski definition) is 6. The van der Waals surface area contributed by atoms with E-state index in [2.05, 4.69) is 12.1 Å². The predicted octanol–water partition coefficient (Wildman–Crippen LogP) is 3.33. The van der Waals surface area contributed by atoms with E-state index in [-0.39, 0.29) is 23.8 Å². The molecule has 6 heteroatoms. The lowest BCUT2D eigenvalue weighted by Crippen LogP contribution is -2.48.